The van der Waals surface area contributed by atoms with E-state index in [0.29, 0.717) is 35.1 Å². The molecule has 1 N–H and O–H groups in total. The van der Waals surface area contributed by atoms with Crippen molar-refractivity contribution < 1.29 is 14.6 Å². The lowest BCUT2D eigenvalue weighted by Gasteiger charge is -2.28. The van der Waals surface area contributed by atoms with Crippen LogP contribution in [-0.2, 0) is 4.79 Å². The van der Waals surface area contributed by atoms with Gasteiger partial charge >= 0.3 is 0 Å². The molecule has 0 saturated carbocycles. The van der Waals surface area contributed by atoms with Gasteiger partial charge in [0, 0.05) is 24.1 Å². The van der Waals surface area contributed by atoms with Gasteiger partial charge in [0.25, 0.3) is 0 Å². The molecule has 0 spiro atoms. The van der Waals surface area contributed by atoms with Crippen LogP contribution in [0.2, 0.25) is 5.02 Å². The molecule has 4 nitrogen and oxygen atoms in total. The molecule has 5 heteroatoms. The van der Waals surface area contributed by atoms with Crippen LogP contribution in [0.4, 0.5) is 5.69 Å². The Hall–Kier alpha value is -2.59. The van der Waals surface area contributed by atoms with Gasteiger partial charge in [0.1, 0.15) is 17.2 Å². The number of carbonyl (C=O) groups is 1. The molecule has 1 aliphatic carbocycles. The molecule has 0 aromatic heterocycles. The van der Waals surface area contributed by atoms with Crippen LogP contribution in [0.25, 0.3) is 0 Å². The van der Waals surface area contributed by atoms with Crippen molar-refractivity contribution >= 4 is 29.3 Å². The third-order valence-electron chi connectivity index (χ3n) is 4.12. The van der Waals surface area contributed by atoms with E-state index in [1.165, 1.54) is 6.21 Å². The molecule has 2 aromatic carbocycles. The van der Waals surface area contributed by atoms with Crippen LogP contribution in [0.3, 0.4) is 0 Å². The highest BCUT2D eigenvalue weighted by Gasteiger charge is 2.32. The lowest BCUT2D eigenvalue weighted by atomic mass is 9.77. The van der Waals surface area contributed by atoms with Gasteiger partial charge in [-0.3, -0.25) is 9.79 Å². The number of carbonyl (C=O) groups excluding carboxylic acids is 1. The predicted octanol–water partition coefficient (Wildman–Crippen LogP) is 6.04. The lowest BCUT2D eigenvalue weighted by Crippen LogP contribution is -2.26. The first-order valence-electron chi connectivity index (χ1n) is 8.36. The number of benzene rings is 2. The topological polar surface area (TPSA) is 58.9 Å². The summed E-state index contributed by atoms with van der Waals surface area (Å²) in [5, 5.41) is 10.7. The summed E-state index contributed by atoms with van der Waals surface area (Å²) >= 11 is 6.08. The molecule has 0 heterocycles. The van der Waals surface area contributed by atoms with E-state index in [9.17, 15) is 9.90 Å². The highest BCUT2D eigenvalue weighted by molar-refractivity contribution is 6.31. The number of aliphatic imine (C=N–C) groups is 1. The Labute approximate surface area is 157 Å². The summed E-state index contributed by atoms with van der Waals surface area (Å²) in [6, 6.07) is 14.4. The van der Waals surface area contributed by atoms with Crippen LogP contribution < -0.4 is 4.74 Å². The van der Waals surface area contributed by atoms with Gasteiger partial charge in [-0.2, -0.15) is 0 Å². The fraction of sp³-hybridized carbons (Fsp3) is 0.238. The van der Waals surface area contributed by atoms with Gasteiger partial charge < -0.3 is 9.84 Å². The second kappa shape index (κ2) is 7.34. The highest BCUT2D eigenvalue weighted by atomic mass is 35.5. The quantitative estimate of drug-likeness (QED) is 0.668. The van der Waals surface area contributed by atoms with Crippen LogP contribution in [0.5, 0.6) is 11.5 Å². The SMILES string of the molecule is CC1(C)CC(=O)C(C=Nc2cc(Cl)ccc2Oc2ccccc2)=C(O)C1. The van der Waals surface area contributed by atoms with Gasteiger partial charge in [0.2, 0.25) is 0 Å². The number of Topliss-reactive ketones (excluding diaryl/α,β-unsaturated/α-hetero) is 1. The van der Waals surface area contributed by atoms with Gasteiger partial charge in [-0.15, -0.1) is 0 Å². The molecule has 134 valence electrons. The first kappa shape index (κ1) is 18.2. The summed E-state index contributed by atoms with van der Waals surface area (Å²) in [7, 11) is 0. The minimum atomic E-state index is -0.240. The van der Waals surface area contributed by atoms with E-state index >= 15 is 0 Å². The van der Waals surface area contributed by atoms with Crippen LogP contribution in [0, 0.1) is 5.41 Å². The zero-order valence-corrected chi connectivity index (χ0v) is 15.5. The van der Waals surface area contributed by atoms with Crippen LogP contribution in [0.15, 0.2) is 64.9 Å². The third kappa shape index (κ3) is 4.33. The number of nitrogens with zero attached hydrogens (tertiary/aromatic N) is 1. The monoisotopic (exact) mass is 369 g/mol. The van der Waals surface area contributed by atoms with Gasteiger partial charge in [-0.25, -0.2) is 0 Å². The van der Waals surface area contributed by atoms with Crippen LogP contribution in [-0.4, -0.2) is 17.1 Å². The molecule has 2 aromatic rings. The largest absolute Gasteiger partial charge is 0.511 e. The number of hydrogen-bond acceptors (Lipinski definition) is 4. The van der Waals surface area contributed by atoms with E-state index in [2.05, 4.69) is 4.99 Å². The molecule has 0 unspecified atom stereocenters. The second-order valence-corrected chi connectivity index (χ2v) is 7.52. The molecule has 0 atom stereocenters. The minimum Gasteiger partial charge on any atom is -0.511 e. The Balaban J connectivity index is 1.91. The maximum atomic E-state index is 12.3. The van der Waals surface area contributed by atoms with Crippen molar-refractivity contribution in [2.45, 2.75) is 26.7 Å². The molecule has 0 saturated heterocycles. The number of halogens is 1. The Morgan fingerprint density at radius 2 is 1.88 bits per heavy atom. The standard InChI is InChI=1S/C21H20ClNO3/c1-21(2)11-18(24)16(19(25)12-21)13-23-17-10-14(22)8-9-20(17)26-15-6-4-3-5-7-15/h3-10,13,24H,11-12H2,1-2H3. The van der Waals surface area contributed by atoms with Crippen LogP contribution >= 0.6 is 11.6 Å². The number of aliphatic hydroxyl groups excluding tert-OH is 1. The second-order valence-electron chi connectivity index (χ2n) is 7.09. The van der Waals surface area contributed by atoms with Gasteiger partial charge in [-0.1, -0.05) is 43.6 Å². The lowest BCUT2D eigenvalue weighted by molar-refractivity contribution is -0.117. The van der Waals surface area contributed by atoms with E-state index in [4.69, 9.17) is 16.3 Å². The molecule has 26 heavy (non-hydrogen) atoms. The van der Waals surface area contributed by atoms with E-state index in [-0.39, 0.29) is 22.5 Å². The van der Waals surface area contributed by atoms with Gasteiger partial charge in [-0.05, 0) is 35.7 Å². The Morgan fingerprint density at radius 1 is 1.15 bits per heavy atom. The fourth-order valence-corrected chi connectivity index (χ4v) is 3.04. The van der Waals surface area contributed by atoms with E-state index < -0.39 is 0 Å². The van der Waals surface area contributed by atoms with Gasteiger partial charge in [0.15, 0.2) is 11.5 Å². The number of aliphatic hydroxyl groups is 1. The number of rotatable bonds is 4. The summed E-state index contributed by atoms with van der Waals surface area (Å²) in [5.41, 5.74) is 0.491. The van der Waals surface area contributed by atoms with Crippen molar-refractivity contribution in [3.63, 3.8) is 0 Å². The molecule has 0 fully saturated rings. The maximum Gasteiger partial charge on any atom is 0.168 e. The Kier molecular flexibility index (Phi) is 5.14. The van der Waals surface area contributed by atoms with E-state index in [1.807, 2.05) is 44.2 Å². The fourth-order valence-electron chi connectivity index (χ4n) is 2.88. The van der Waals surface area contributed by atoms with Crippen molar-refractivity contribution in [3.05, 3.63) is 64.9 Å². The van der Waals surface area contributed by atoms with Crippen molar-refractivity contribution in [2.75, 3.05) is 0 Å². The average Bonchev–Trinajstić information content (AvgIpc) is 2.56. The normalized spacial score (nSPS) is 17.0. The summed E-state index contributed by atoms with van der Waals surface area (Å²) in [4.78, 5) is 16.7. The Bertz CT molecular complexity index is 885. The molecular weight excluding hydrogens is 350 g/mol. The number of hydrogen-bond donors (Lipinski definition) is 1. The summed E-state index contributed by atoms with van der Waals surface area (Å²) in [6.45, 7) is 3.91. The van der Waals surface area contributed by atoms with Crippen molar-refractivity contribution in [3.8, 4) is 11.5 Å². The predicted molar refractivity (Wildman–Crippen MR) is 104 cm³/mol. The molecule has 0 aliphatic heterocycles. The number of para-hydroxylation sites is 1. The molecular formula is C21H20ClNO3. The van der Waals surface area contributed by atoms with Gasteiger partial charge in [0.05, 0.1) is 5.57 Å². The molecule has 0 radical (unpaired) electrons. The molecule has 1 aliphatic rings. The van der Waals surface area contributed by atoms with Crippen LogP contribution in [0.1, 0.15) is 26.7 Å². The number of ether oxygens (including phenoxy) is 1. The number of ketones is 1. The smallest absolute Gasteiger partial charge is 0.168 e. The maximum absolute atomic E-state index is 12.3. The third-order valence-corrected chi connectivity index (χ3v) is 4.36. The molecule has 0 amide bonds. The summed E-state index contributed by atoms with van der Waals surface area (Å²) < 4.78 is 5.86. The summed E-state index contributed by atoms with van der Waals surface area (Å²) in [6.07, 6.45) is 2.22. The highest BCUT2D eigenvalue weighted by Crippen LogP contribution is 2.37. The van der Waals surface area contributed by atoms with Crippen molar-refractivity contribution in [1.29, 1.82) is 0 Å². The first-order valence-corrected chi connectivity index (χ1v) is 8.74. The van der Waals surface area contributed by atoms with Crippen molar-refractivity contribution in [2.24, 2.45) is 10.4 Å². The minimum absolute atomic E-state index is 0.0718. The number of allylic oxidation sites excluding steroid dienone is 2. The summed E-state index contributed by atoms with van der Waals surface area (Å²) in [5.74, 6) is 1.14. The zero-order chi connectivity index (χ0) is 18.7. The molecule has 0 bridgehead atoms. The Morgan fingerprint density at radius 3 is 2.58 bits per heavy atom. The first-order chi connectivity index (χ1) is 12.3. The van der Waals surface area contributed by atoms with E-state index in [1.54, 1.807) is 18.2 Å². The molecule has 3 rings (SSSR count). The zero-order valence-electron chi connectivity index (χ0n) is 14.7. The van der Waals surface area contributed by atoms with E-state index in [0.717, 1.165) is 0 Å². The van der Waals surface area contributed by atoms with Crippen molar-refractivity contribution in [1.82, 2.24) is 0 Å². The average molecular weight is 370 g/mol.